The minimum Gasteiger partial charge on any atom is -0.503 e. The van der Waals surface area contributed by atoms with Crippen LogP contribution < -0.4 is 20.7 Å². The molecule has 0 aliphatic rings. The van der Waals surface area contributed by atoms with Crippen molar-refractivity contribution in [2.45, 2.75) is 6.16 Å². The molecule has 4 nitrogen and oxygen atoms in total. The van der Waals surface area contributed by atoms with Gasteiger partial charge in [0.05, 0.1) is 19.5 Å². The van der Waals surface area contributed by atoms with Crippen LogP contribution in [0.25, 0.3) is 5.57 Å². The largest absolute Gasteiger partial charge is 0.503 e. The lowest BCUT2D eigenvalue weighted by molar-refractivity contribution is -0.130. The van der Waals surface area contributed by atoms with Gasteiger partial charge in [0, 0.05) is 5.56 Å². The second-order valence-corrected chi connectivity index (χ2v) is 12.8. The van der Waals surface area contributed by atoms with Gasteiger partial charge in [-0.3, -0.25) is 0 Å². The van der Waals surface area contributed by atoms with Gasteiger partial charge in [-0.15, -0.1) is 0 Å². The first-order valence-electron chi connectivity index (χ1n) is 13.0. The number of rotatable bonds is 10. The van der Waals surface area contributed by atoms with Gasteiger partial charge in [0.1, 0.15) is 40.2 Å². The van der Waals surface area contributed by atoms with Crippen molar-refractivity contribution >= 4 is 34.7 Å². The standard InChI is InChI=1S/C35H29O4P/c1-38-25-33(35(36)37)32-22-11-12-23-34(32)39-28-15-13-14-27(24-28)26-40(29-16-5-2-6-17-29,30-18-7-3-8-19-30)31-20-9-4-10-21-31/h2-25H,26H2,1H3/p+1. The molecule has 0 bridgehead atoms. The van der Waals surface area contributed by atoms with Gasteiger partial charge in [0.15, 0.2) is 0 Å². The molecule has 0 spiro atoms. The van der Waals surface area contributed by atoms with E-state index in [0.29, 0.717) is 17.1 Å². The molecule has 0 aliphatic heterocycles. The number of aliphatic carboxylic acids is 1. The Hall–Kier alpha value is -4.66. The zero-order valence-electron chi connectivity index (χ0n) is 22.2. The summed E-state index contributed by atoms with van der Waals surface area (Å²) in [6.45, 7) is 0. The predicted octanol–water partition coefficient (Wildman–Crippen LogP) is 7.04. The maximum absolute atomic E-state index is 11.9. The van der Waals surface area contributed by atoms with Gasteiger partial charge in [-0.1, -0.05) is 84.9 Å². The Morgan fingerprint density at radius 2 is 1.23 bits per heavy atom. The number of carboxylic acids is 1. The van der Waals surface area contributed by atoms with Crippen molar-refractivity contribution in [1.29, 1.82) is 0 Å². The first-order valence-corrected chi connectivity index (χ1v) is 15.0. The Kier molecular flexibility index (Phi) is 8.39. The quantitative estimate of drug-likeness (QED) is 0.116. The van der Waals surface area contributed by atoms with E-state index in [1.165, 1.54) is 29.3 Å². The van der Waals surface area contributed by atoms with Crippen molar-refractivity contribution in [3.63, 3.8) is 0 Å². The third-order valence-electron chi connectivity index (χ3n) is 6.78. The van der Waals surface area contributed by atoms with E-state index in [0.717, 1.165) is 11.7 Å². The van der Waals surface area contributed by atoms with Crippen LogP contribution in [0.5, 0.6) is 11.5 Å². The lowest BCUT2D eigenvalue weighted by Gasteiger charge is -2.28. The van der Waals surface area contributed by atoms with Crippen molar-refractivity contribution in [3.8, 4) is 11.5 Å². The molecule has 0 saturated heterocycles. The van der Waals surface area contributed by atoms with Crippen LogP contribution >= 0.6 is 7.26 Å². The van der Waals surface area contributed by atoms with Crippen LogP contribution in [0, 0.1) is 0 Å². The molecule has 40 heavy (non-hydrogen) atoms. The molecule has 0 aliphatic carbocycles. The Balaban J connectivity index is 1.59. The second-order valence-electron chi connectivity index (χ2n) is 9.29. The van der Waals surface area contributed by atoms with E-state index in [1.807, 2.05) is 18.2 Å². The van der Waals surface area contributed by atoms with Crippen molar-refractivity contribution in [1.82, 2.24) is 0 Å². The molecule has 5 aromatic rings. The molecule has 5 rings (SSSR count). The molecule has 0 unspecified atom stereocenters. The molecule has 0 fully saturated rings. The summed E-state index contributed by atoms with van der Waals surface area (Å²) < 4.78 is 11.3. The number of methoxy groups -OCH3 is 1. The van der Waals surface area contributed by atoms with Gasteiger partial charge < -0.3 is 14.6 Å². The smallest absolute Gasteiger partial charge is 0.339 e. The van der Waals surface area contributed by atoms with E-state index in [2.05, 4.69) is 103 Å². The van der Waals surface area contributed by atoms with Crippen LogP contribution in [0.2, 0.25) is 0 Å². The summed E-state index contributed by atoms with van der Waals surface area (Å²) in [5.41, 5.74) is 1.60. The van der Waals surface area contributed by atoms with Crippen molar-refractivity contribution < 1.29 is 19.4 Å². The van der Waals surface area contributed by atoms with Gasteiger partial charge >= 0.3 is 5.97 Å². The van der Waals surface area contributed by atoms with E-state index in [-0.39, 0.29) is 5.57 Å². The molecule has 0 radical (unpaired) electrons. The summed E-state index contributed by atoms with van der Waals surface area (Å²) in [5.74, 6) is -0.00482. The Bertz CT molecular complexity index is 1500. The van der Waals surface area contributed by atoms with Gasteiger partial charge in [0.2, 0.25) is 0 Å². The van der Waals surface area contributed by atoms with E-state index in [4.69, 9.17) is 9.47 Å². The van der Waals surface area contributed by atoms with Crippen LogP contribution in [0.4, 0.5) is 0 Å². The van der Waals surface area contributed by atoms with Crippen LogP contribution in [-0.2, 0) is 15.7 Å². The normalized spacial score (nSPS) is 11.6. The Labute approximate surface area is 235 Å². The van der Waals surface area contributed by atoms with Crippen LogP contribution in [0.3, 0.4) is 0 Å². The topological polar surface area (TPSA) is 55.8 Å². The summed E-state index contributed by atoms with van der Waals surface area (Å²) >= 11 is 0. The zero-order chi connectivity index (χ0) is 27.8. The first-order chi connectivity index (χ1) is 19.6. The maximum Gasteiger partial charge on any atom is 0.339 e. The SMILES string of the molecule is COC=C(C(=O)O)c1ccccc1Oc1cccc(C[P+](c2ccccc2)(c2ccccc2)c2ccccc2)c1. The molecule has 0 amide bonds. The van der Waals surface area contributed by atoms with Crippen LogP contribution in [-0.4, -0.2) is 18.2 Å². The zero-order valence-corrected chi connectivity index (χ0v) is 23.1. The average Bonchev–Trinajstić information content (AvgIpc) is 3.00. The number of hydrogen-bond donors (Lipinski definition) is 1. The van der Waals surface area contributed by atoms with E-state index in [1.54, 1.807) is 18.2 Å². The summed E-state index contributed by atoms with van der Waals surface area (Å²) in [5, 5.41) is 13.7. The lowest BCUT2D eigenvalue weighted by Crippen LogP contribution is -2.32. The van der Waals surface area contributed by atoms with Gasteiger partial charge in [0.25, 0.3) is 0 Å². The first kappa shape index (κ1) is 26.9. The highest BCUT2D eigenvalue weighted by Crippen LogP contribution is 2.58. The minimum absolute atomic E-state index is 0.0245. The molecule has 0 heterocycles. The fourth-order valence-electron chi connectivity index (χ4n) is 5.00. The summed E-state index contributed by atoms with van der Waals surface area (Å²) in [7, 11) is -0.656. The third kappa shape index (κ3) is 5.68. The highest BCUT2D eigenvalue weighted by molar-refractivity contribution is 7.95. The minimum atomic E-state index is -2.08. The van der Waals surface area contributed by atoms with Gasteiger partial charge in [-0.25, -0.2) is 4.79 Å². The monoisotopic (exact) mass is 545 g/mol. The molecule has 0 aromatic heterocycles. The van der Waals surface area contributed by atoms with Crippen molar-refractivity contribution in [2.75, 3.05) is 7.11 Å². The number of benzene rings is 5. The highest BCUT2D eigenvalue weighted by Gasteiger charge is 2.45. The molecular formula is C35H30O4P+. The third-order valence-corrected chi connectivity index (χ3v) is 11.2. The summed E-state index contributed by atoms with van der Waals surface area (Å²) in [4.78, 5) is 11.9. The molecule has 5 heteroatoms. The summed E-state index contributed by atoms with van der Waals surface area (Å²) in [6, 6.07) is 47.4. The highest BCUT2D eigenvalue weighted by atomic mass is 31.2. The molecule has 1 N–H and O–H groups in total. The molecule has 0 atom stereocenters. The van der Waals surface area contributed by atoms with E-state index < -0.39 is 13.2 Å². The van der Waals surface area contributed by atoms with Crippen molar-refractivity contribution in [3.05, 3.63) is 157 Å². The second kappa shape index (κ2) is 12.5. The number of carbonyl (C=O) groups is 1. The average molecular weight is 546 g/mol. The van der Waals surface area contributed by atoms with Gasteiger partial charge in [-0.05, 0) is 60.2 Å². The summed E-state index contributed by atoms with van der Waals surface area (Å²) in [6.07, 6.45) is 2.02. The number of ether oxygens (including phenoxy) is 2. The number of para-hydroxylation sites is 1. The predicted molar refractivity (Wildman–Crippen MR) is 164 cm³/mol. The number of hydrogen-bond acceptors (Lipinski definition) is 3. The van der Waals surface area contributed by atoms with Gasteiger partial charge in [-0.2, -0.15) is 0 Å². The maximum atomic E-state index is 11.9. The molecule has 5 aromatic carbocycles. The Morgan fingerprint density at radius 1 is 0.700 bits per heavy atom. The molecular weight excluding hydrogens is 515 g/mol. The van der Waals surface area contributed by atoms with E-state index >= 15 is 0 Å². The fraction of sp³-hybridized carbons (Fsp3) is 0.0571. The molecule has 198 valence electrons. The van der Waals surface area contributed by atoms with Crippen LogP contribution in [0.1, 0.15) is 11.1 Å². The molecule has 0 saturated carbocycles. The lowest BCUT2D eigenvalue weighted by atomic mass is 10.1. The van der Waals surface area contributed by atoms with Crippen LogP contribution in [0.15, 0.2) is 146 Å². The van der Waals surface area contributed by atoms with E-state index in [9.17, 15) is 9.90 Å². The number of carboxylic acid groups (broad SMARTS) is 1. The van der Waals surface area contributed by atoms with Crippen molar-refractivity contribution in [2.24, 2.45) is 0 Å². The Morgan fingerprint density at radius 3 is 1.75 bits per heavy atom. The fourth-order valence-corrected chi connectivity index (χ4v) is 9.23.